The number of pyridine rings is 1. The number of nitrogens with zero attached hydrogens (tertiary/aromatic N) is 1. The molecular formula is C26H23FN2O. The number of aryl methyl sites for hydroxylation is 1. The molecule has 4 rings (SSSR count). The molecule has 3 nitrogen and oxygen atoms in total. The molecule has 0 saturated heterocycles. The summed E-state index contributed by atoms with van der Waals surface area (Å²) in [5, 5.41) is 3.85. The highest BCUT2D eigenvalue weighted by Gasteiger charge is 2.25. The molecule has 0 aliphatic carbocycles. The minimum atomic E-state index is -1.31. The van der Waals surface area contributed by atoms with E-state index in [0.717, 1.165) is 16.5 Å². The van der Waals surface area contributed by atoms with Crippen molar-refractivity contribution in [1.82, 2.24) is 4.98 Å². The highest BCUT2D eigenvalue weighted by Crippen LogP contribution is 2.36. The molecule has 0 fully saturated rings. The Morgan fingerprint density at radius 2 is 1.67 bits per heavy atom. The minimum absolute atomic E-state index is 0.330. The average Bonchev–Trinajstić information content (AvgIpc) is 2.79. The molecule has 2 atom stereocenters. The molecule has 4 aromatic rings. The maximum absolute atomic E-state index is 15.5. The van der Waals surface area contributed by atoms with Crippen LogP contribution in [0.5, 0.6) is 0 Å². The number of hydrogen-bond acceptors (Lipinski definition) is 2. The van der Waals surface area contributed by atoms with E-state index in [1.54, 1.807) is 36.5 Å². The van der Waals surface area contributed by atoms with E-state index < -0.39 is 6.17 Å². The van der Waals surface area contributed by atoms with Crippen molar-refractivity contribution in [3.63, 3.8) is 0 Å². The molecule has 1 heterocycles. The predicted molar refractivity (Wildman–Crippen MR) is 120 cm³/mol. The van der Waals surface area contributed by atoms with Gasteiger partial charge in [0.2, 0.25) is 0 Å². The van der Waals surface area contributed by atoms with Gasteiger partial charge in [0.1, 0.15) is 6.17 Å². The van der Waals surface area contributed by atoms with Gasteiger partial charge in [-0.25, -0.2) is 4.39 Å². The van der Waals surface area contributed by atoms with Gasteiger partial charge in [0.15, 0.2) is 0 Å². The fourth-order valence-electron chi connectivity index (χ4n) is 3.65. The largest absolute Gasteiger partial charge is 0.320 e. The van der Waals surface area contributed by atoms with E-state index in [2.05, 4.69) is 10.3 Å². The summed E-state index contributed by atoms with van der Waals surface area (Å²) in [6, 6.07) is 24.1. The predicted octanol–water partition coefficient (Wildman–Crippen LogP) is 6.61. The third-order valence-corrected chi connectivity index (χ3v) is 5.43. The van der Waals surface area contributed by atoms with Gasteiger partial charge in [0.25, 0.3) is 5.91 Å². The summed E-state index contributed by atoms with van der Waals surface area (Å²) in [5.41, 5.74) is 4.06. The van der Waals surface area contributed by atoms with Gasteiger partial charge in [-0.15, -0.1) is 0 Å². The Balaban J connectivity index is 1.64. The number of benzene rings is 3. The van der Waals surface area contributed by atoms with Crippen molar-refractivity contribution < 1.29 is 9.18 Å². The first-order valence-electron chi connectivity index (χ1n) is 9.99. The maximum atomic E-state index is 15.5. The van der Waals surface area contributed by atoms with Crippen LogP contribution in [0.25, 0.3) is 10.9 Å². The van der Waals surface area contributed by atoms with Crippen LogP contribution in [0.2, 0.25) is 0 Å². The van der Waals surface area contributed by atoms with Crippen LogP contribution in [0.3, 0.4) is 0 Å². The van der Waals surface area contributed by atoms with E-state index in [-0.39, 0.29) is 11.8 Å². The SMILES string of the molecule is Cc1ccc(C(C)C(F)c2ccccc2C(=O)Nc2cccc3cccnc23)cc1. The number of para-hydroxylation sites is 1. The first-order valence-corrected chi connectivity index (χ1v) is 9.99. The summed E-state index contributed by atoms with van der Waals surface area (Å²) in [6.07, 6.45) is 0.382. The van der Waals surface area contributed by atoms with Crippen molar-refractivity contribution in [1.29, 1.82) is 0 Å². The van der Waals surface area contributed by atoms with Gasteiger partial charge < -0.3 is 5.32 Å². The zero-order valence-corrected chi connectivity index (χ0v) is 17.0. The van der Waals surface area contributed by atoms with Crippen LogP contribution in [-0.4, -0.2) is 10.9 Å². The fraction of sp³-hybridized carbons (Fsp3) is 0.154. The molecule has 0 bridgehead atoms. The third-order valence-electron chi connectivity index (χ3n) is 5.43. The Morgan fingerprint density at radius 1 is 0.933 bits per heavy atom. The highest BCUT2D eigenvalue weighted by molar-refractivity contribution is 6.09. The van der Waals surface area contributed by atoms with E-state index >= 15 is 4.39 Å². The number of amides is 1. The molecule has 1 N–H and O–H groups in total. The lowest BCUT2D eigenvalue weighted by molar-refractivity contribution is 0.102. The van der Waals surface area contributed by atoms with Crippen LogP contribution in [-0.2, 0) is 0 Å². The number of fused-ring (bicyclic) bond motifs is 1. The minimum Gasteiger partial charge on any atom is -0.320 e. The summed E-state index contributed by atoms with van der Waals surface area (Å²) < 4.78 is 15.5. The summed E-state index contributed by atoms with van der Waals surface area (Å²) in [4.78, 5) is 17.5. The lowest BCUT2D eigenvalue weighted by Crippen LogP contribution is -2.17. The summed E-state index contributed by atoms with van der Waals surface area (Å²) >= 11 is 0. The maximum Gasteiger partial charge on any atom is 0.256 e. The lowest BCUT2D eigenvalue weighted by Gasteiger charge is -2.20. The summed E-state index contributed by atoms with van der Waals surface area (Å²) in [5.74, 6) is -0.721. The normalized spacial score (nSPS) is 13.0. The molecule has 2 unspecified atom stereocenters. The molecule has 0 radical (unpaired) electrons. The van der Waals surface area contributed by atoms with Crippen LogP contribution in [0, 0.1) is 6.92 Å². The first kappa shape index (κ1) is 19.8. The number of rotatable bonds is 5. The Kier molecular flexibility index (Phi) is 5.57. The van der Waals surface area contributed by atoms with E-state index in [0.29, 0.717) is 22.3 Å². The number of carbonyl (C=O) groups is 1. The smallest absolute Gasteiger partial charge is 0.256 e. The van der Waals surface area contributed by atoms with Gasteiger partial charge in [0, 0.05) is 23.1 Å². The van der Waals surface area contributed by atoms with Crippen LogP contribution >= 0.6 is 0 Å². The van der Waals surface area contributed by atoms with Crippen molar-refractivity contribution >= 4 is 22.5 Å². The summed E-state index contributed by atoms with van der Waals surface area (Å²) in [7, 11) is 0. The van der Waals surface area contributed by atoms with Gasteiger partial charge in [-0.3, -0.25) is 9.78 Å². The van der Waals surface area contributed by atoms with Crippen LogP contribution in [0.15, 0.2) is 85.1 Å². The van der Waals surface area contributed by atoms with Crippen molar-refractivity contribution in [2.24, 2.45) is 0 Å². The van der Waals surface area contributed by atoms with E-state index in [4.69, 9.17) is 0 Å². The van der Waals surface area contributed by atoms with Crippen molar-refractivity contribution in [3.8, 4) is 0 Å². The van der Waals surface area contributed by atoms with Crippen molar-refractivity contribution in [2.75, 3.05) is 5.32 Å². The van der Waals surface area contributed by atoms with Crippen LogP contribution in [0.4, 0.5) is 10.1 Å². The summed E-state index contributed by atoms with van der Waals surface area (Å²) in [6.45, 7) is 3.85. The molecule has 30 heavy (non-hydrogen) atoms. The zero-order valence-electron chi connectivity index (χ0n) is 17.0. The first-order chi connectivity index (χ1) is 14.5. The number of carbonyl (C=O) groups excluding carboxylic acids is 1. The van der Waals surface area contributed by atoms with Crippen molar-refractivity contribution in [2.45, 2.75) is 25.9 Å². The highest BCUT2D eigenvalue weighted by atomic mass is 19.1. The van der Waals surface area contributed by atoms with Crippen LogP contribution in [0.1, 0.15) is 46.1 Å². The lowest BCUT2D eigenvalue weighted by atomic mass is 9.89. The molecular weight excluding hydrogens is 375 g/mol. The van der Waals surface area contributed by atoms with Gasteiger partial charge in [0.05, 0.1) is 11.2 Å². The average molecular weight is 398 g/mol. The van der Waals surface area contributed by atoms with Gasteiger partial charge in [-0.05, 0) is 36.2 Å². The molecule has 150 valence electrons. The number of aromatic nitrogens is 1. The molecule has 0 aliphatic rings. The van der Waals surface area contributed by atoms with Gasteiger partial charge >= 0.3 is 0 Å². The monoisotopic (exact) mass is 398 g/mol. The van der Waals surface area contributed by atoms with Crippen molar-refractivity contribution in [3.05, 3.63) is 107 Å². The zero-order chi connectivity index (χ0) is 21.1. The van der Waals surface area contributed by atoms with Crippen LogP contribution < -0.4 is 5.32 Å². The second-order valence-corrected chi connectivity index (χ2v) is 7.52. The number of anilines is 1. The van der Waals surface area contributed by atoms with Gasteiger partial charge in [-0.2, -0.15) is 0 Å². The molecule has 0 saturated carbocycles. The second kappa shape index (κ2) is 8.46. The Hall–Kier alpha value is -3.53. The molecule has 3 aromatic carbocycles. The quantitative estimate of drug-likeness (QED) is 0.411. The fourth-order valence-corrected chi connectivity index (χ4v) is 3.65. The number of halogens is 1. The molecule has 1 amide bonds. The van der Waals surface area contributed by atoms with E-state index in [1.807, 2.05) is 62.4 Å². The van der Waals surface area contributed by atoms with E-state index in [1.165, 1.54) is 0 Å². The number of nitrogens with one attached hydrogen (secondary N) is 1. The third kappa shape index (κ3) is 3.94. The Bertz CT molecular complexity index is 1180. The molecule has 1 aromatic heterocycles. The molecule has 0 aliphatic heterocycles. The van der Waals surface area contributed by atoms with Gasteiger partial charge in [-0.1, -0.05) is 73.2 Å². The molecule has 4 heteroatoms. The second-order valence-electron chi connectivity index (χ2n) is 7.52. The standard InChI is InChI=1S/C26H23FN2O/c1-17-12-14-19(15-13-17)18(2)24(27)21-9-3-4-10-22(21)26(30)29-23-11-5-7-20-8-6-16-28-25(20)23/h3-16,18,24H,1-2H3,(H,29,30). The Morgan fingerprint density at radius 3 is 2.47 bits per heavy atom. The molecule has 0 spiro atoms. The number of alkyl halides is 1. The topological polar surface area (TPSA) is 42.0 Å². The number of hydrogen-bond donors (Lipinski definition) is 1. The van der Waals surface area contributed by atoms with E-state index in [9.17, 15) is 4.79 Å². The Labute approximate surface area is 175 Å².